The number of hydrogen-bond acceptors (Lipinski definition) is 2. The number of para-hydroxylation sites is 2. The van der Waals surface area contributed by atoms with Crippen LogP contribution in [0, 0.1) is 0 Å². The summed E-state index contributed by atoms with van der Waals surface area (Å²) in [6, 6.07) is 28.8. The van der Waals surface area contributed by atoms with Crippen LogP contribution in [0.15, 0.2) is 84.9 Å². The van der Waals surface area contributed by atoms with E-state index in [2.05, 4.69) is 41.4 Å². The van der Waals surface area contributed by atoms with Crippen LogP contribution < -0.4 is 10.9 Å². The van der Waals surface area contributed by atoms with E-state index in [1.807, 2.05) is 48.5 Å². The van der Waals surface area contributed by atoms with Gasteiger partial charge in [0.25, 0.3) is 0 Å². The Hall–Kier alpha value is -3.04. The molecule has 1 heterocycles. The highest BCUT2D eigenvalue weighted by Gasteiger charge is 2.13. The quantitative estimate of drug-likeness (QED) is 0.364. The van der Waals surface area contributed by atoms with E-state index in [1.54, 1.807) is 10.6 Å². The van der Waals surface area contributed by atoms with Crippen molar-refractivity contribution in [3.8, 4) is 0 Å². The molecule has 0 aliphatic heterocycles. The van der Waals surface area contributed by atoms with Crippen LogP contribution in [0.4, 0.5) is 5.69 Å². The Morgan fingerprint density at radius 3 is 2.18 bits per heavy atom. The number of nitrogens with zero attached hydrogens (tertiary/aromatic N) is 1. The molecule has 0 atom stereocenters. The minimum Gasteiger partial charge on any atom is -0.358 e. The molecule has 1 aromatic heterocycles. The van der Waals surface area contributed by atoms with Gasteiger partial charge in [-0.2, -0.15) is 0 Å². The summed E-state index contributed by atoms with van der Waals surface area (Å²) >= 11 is 0. The van der Waals surface area contributed by atoms with Gasteiger partial charge in [0.1, 0.15) is 0 Å². The van der Waals surface area contributed by atoms with Crippen LogP contribution in [0.25, 0.3) is 10.9 Å². The molecule has 5 rings (SSSR count). The highest BCUT2D eigenvalue weighted by atomic mass is 15.4. The second-order valence-electron chi connectivity index (χ2n) is 7.28. The maximum atomic E-state index is 5.96. The van der Waals surface area contributed by atoms with Crippen molar-refractivity contribution in [2.45, 2.75) is 32.2 Å². The number of hydrazine groups is 1. The molecule has 4 aromatic rings. The van der Waals surface area contributed by atoms with E-state index in [4.69, 9.17) is 5.84 Å². The monoisotopic (exact) mass is 369 g/mol. The smallest absolute Gasteiger partial charge is 0.0592 e. The summed E-state index contributed by atoms with van der Waals surface area (Å²) in [6.07, 6.45) is 5.21. The molecule has 1 aliphatic rings. The van der Waals surface area contributed by atoms with Gasteiger partial charge in [-0.05, 0) is 55.0 Å². The third-order valence-electron chi connectivity index (χ3n) is 5.29. The third-order valence-corrected chi connectivity index (χ3v) is 5.29. The maximum absolute atomic E-state index is 5.96. The van der Waals surface area contributed by atoms with Gasteiger partial charge in [0.05, 0.1) is 12.2 Å². The lowest BCUT2D eigenvalue weighted by molar-refractivity contribution is 0.680. The van der Waals surface area contributed by atoms with Crippen LogP contribution in [-0.4, -0.2) is 4.98 Å². The van der Waals surface area contributed by atoms with E-state index >= 15 is 0 Å². The molecule has 0 saturated carbocycles. The Bertz CT molecular complexity index is 1010. The van der Waals surface area contributed by atoms with Crippen molar-refractivity contribution in [3.63, 3.8) is 0 Å². The minimum absolute atomic E-state index is 0.727. The number of nitrogens with one attached hydrogen (secondary N) is 1. The SMILES string of the molecule is NN(Cc1ccccc1)c1ccccc1.c1ccc2c3c([nH]c2c1)CCCC3. The summed E-state index contributed by atoms with van der Waals surface area (Å²) in [4.78, 5) is 3.52. The summed E-state index contributed by atoms with van der Waals surface area (Å²) in [6.45, 7) is 0.727. The van der Waals surface area contributed by atoms with Gasteiger partial charge in [-0.25, -0.2) is 5.84 Å². The van der Waals surface area contributed by atoms with Crippen LogP contribution in [-0.2, 0) is 19.4 Å². The normalized spacial score (nSPS) is 12.8. The zero-order valence-corrected chi connectivity index (χ0v) is 16.1. The molecule has 0 spiro atoms. The van der Waals surface area contributed by atoms with Crippen LogP contribution in [0.1, 0.15) is 29.7 Å². The minimum atomic E-state index is 0.727. The Balaban J connectivity index is 0.000000138. The molecule has 0 radical (unpaired) electrons. The van der Waals surface area contributed by atoms with Crippen LogP contribution in [0.3, 0.4) is 0 Å². The average molecular weight is 370 g/mol. The largest absolute Gasteiger partial charge is 0.358 e. The van der Waals surface area contributed by atoms with Crippen LogP contribution in [0.2, 0.25) is 0 Å². The number of aromatic nitrogens is 1. The molecule has 0 fully saturated rings. The van der Waals surface area contributed by atoms with Gasteiger partial charge in [0.2, 0.25) is 0 Å². The molecule has 0 saturated heterocycles. The standard InChI is InChI=1S/C13H14N2.C12H13N/c14-15(13-9-5-2-6-10-13)11-12-7-3-1-4-8-12;1-3-7-11-9(5-1)10-6-2-4-8-12(10)13-11/h1-10H,11,14H2;1,3,5,7,13H,2,4,6,8H2. The van der Waals surface area contributed by atoms with Gasteiger partial charge in [0, 0.05) is 16.6 Å². The Kier molecular flexibility index (Phi) is 5.74. The number of aryl methyl sites for hydroxylation is 2. The highest BCUT2D eigenvalue weighted by molar-refractivity contribution is 5.84. The van der Waals surface area contributed by atoms with Gasteiger partial charge >= 0.3 is 0 Å². The number of nitrogens with two attached hydrogens (primary N) is 1. The topological polar surface area (TPSA) is 45.0 Å². The summed E-state index contributed by atoms with van der Waals surface area (Å²) in [5, 5.41) is 3.19. The molecular weight excluding hydrogens is 342 g/mol. The van der Waals surface area contributed by atoms with Gasteiger partial charge < -0.3 is 9.99 Å². The van der Waals surface area contributed by atoms with E-state index in [0.717, 1.165) is 12.2 Å². The maximum Gasteiger partial charge on any atom is 0.0592 e. The predicted octanol–water partition coefficient (Wildman–Crippen LogP) is 5.61. The van der Waals surface area contributed by atoms with E-state index in [0.29, 0.717) is 0 Å². The fourth-order valence-corrected chi connectivity index (χ4v) is 3.85. The van der Waals surface area contributed by atoms with Crippen molar-refractivity contribution < 1.29 is 0 Å². The number of rotatable bonds is 3. The molecular formula is C25H27N3. The Labute approximate surface area is 166 Å². The number of anilines is 1. The summed E-state index contributed by atoms with van der Waals surface area (Å²) in [5.41, 5.74) is 6.61. The number of H-pyrrole nitrogens is 1. The lowest BCUT2D eigenvalue weighted by Crippen LogP contribution is -2.29. The molecule has 0 bridgehead atoms. The van der Waals surface area contributed by atoms with Crippen LogP contribution >= 0.6 is 0 Å². The average Bonchev–Trinajstić information content (AvgIpc) is 3.14. The zero-order valence-electron chi connectivity index (χ0n) is 16.1. The molecule has 142 valence electrons. The van der Waals surface area contributed by atoms with Gasteiger partial charge in [-0.3, -0.25) is 0 Å². The van der Waals surface area contributed by atoms with E-state index in [-0.39, 0.29) is 0 Å². The van der Waals surface area contributed by atoms with Crippen molar-refractivity contribution in [2.75, 3.05) is 5.01 Å². The lowest BCUT2D eigenvalue weighted by atomic mass is 9.96. The lowest BCUT2D eigenvalue weighted by Gasteiger charge is -2.18. The first-order chi connectivity index (χ1) is 13.8. The highest BCUT2D eigenvalue weighted by Crippen LogP contribution is 2.28. The Morgan fingerprint density at radius 1 is 0.750 bits per heavy atom. The Morgan fingerprint density at radius 2 is 1.39 bits per heavy atom. The van der Waals surface area contributed by atoms with Crippen molar-refractivity contribution in [2.24, 2.45) is 5.84 Å². The number of hydrogen-bond donors (Lipinski definition) is 2. The van der Waals surface area contributed by atoms with Crippen molar-refractivity contribution in [1.29, 1.82) is 0 Å². The van der Waals surface area contributed by atoms with Crippen molar-refractivity contribution in [3.05, 3.63) is 102 Å². The summed E-state index contributed by atoms with van der Waals surface area (Å²) in [5.74, 6) is 5.96. The molecule has 3 N–H and O–H groups in total. The summed E-state index contributed by atoms with van der Waals surface area (Å²) in [7, 11) is 0. The number of fused-ring (bicyclic) bond motifs is 3. The van der Waals surface area contributed by atoms with Gasteiger partial charge in [-0.1, -0.05) is 66.7 Å². The fourth-order valence-electron chi connectivity index (χ4n) is 3.85. The van der Waals surface area contributed by atoms with Crippen molar-refractivity contribution >= 4 is 16.6 Å². The summed E-state index contributed by atoms with van der Waals surface area (Å²) < 4.78 is 0. The zero-order chi connectivity index (χ0) is 19.2. The van der Waals surface area contributed by atoms with Crippen molar-refractivity contribution in [1.82, 2.24) is 4.98 Å². The molecule has 1 aliphatic carbocycles. The van der Waals surface area contributed by atoms with E-state index < -0.39 is 0 Å². The second kappa shape index (κ2) is 8.77. The first-order valence-corrected chi connectivity index (χ1v) is 10.0. The molecule has 0 amide bonds. The van der Waals surface area contributed by atoms with Gasteiger partial charge in [-0.15, -0.1) is 0 Å². The van der Waals surface area contributed by atoms with E-state index in [1.165, 1.54) is 47.8 Å². The molecule has 3 nitrogen and oxygen atoms in total. The molecule has 28 heavy (non-hydrogen) atoms. The van der Waals surface area contributed by atoms with Crippen LogP contribution in [0.5, 0.6) is 0 Å². The molecule has 3 heteroatoms. The fraction of sp³-hybridized carbons (Fsp3) is 0.200. The number of aromatic amines is 1. The molecule has 0 unspecified atom stereocenters. The first kappa shape index (κ1) is 18.3. The first-order valence-electron chi connectivity index (χ1n) is 10.0. The van der Waals surface area contributed by atoms with E-state index in [9.17, 15) is 0 Å². The predicted molar refractivity (Wildman–Crippen MR) is 118 cm³/mol. The second-order valence-corrected chi connectivity index (χ2v) is 7.28. The number of benzene rings is 3. The molecule has 3 aromatic carbocycles. The third kappa shape index (κ3) is 4.26. The van der Waals surface area contributed by atoms with Gasteiger partial charge in [0.15, 0.2) is 0 Å².